The van der Waals surface area contributed by atoms with E-state index in [0.29, 0.717) is 16.4 Å². The molecule has 0 aliphatic carbocycles. The first-order chi connectivity index (χ1) is 14.5. The molecule has 1 unspecified atom stereocenters. The van der Waals surface area contributed by atoms with E-state index in [1.807, 2.05) is 30.0 Å². The van der Waals surface area contributed by atoms with Crippen LogP contribution in [0.1, 0.15) is 45.4 Å². The van der Waals surface area contributed by atoms with Crippen LogP contribution in [0.4, 0.5) is 0 Å². The van der Waals surface area contributed by atoms with Gasteiger partial charge >= 0.3 is 0 Å². The van der Waals surface area contributed by atoms with E-state index < -0.39 is 0 Å². The van der Waals surface area contributed by atoms with E-state index in [9.17, 15) is 4.79 Å². The molecular formula is C24H26N2O3S. The number of hydrogen-bond acceptors (Lipinski definition) is 5. The van der Waals surface area contributed by atoms with Gasteiger partial charge in [0, 0.05) is 12.1 Å². The van der Waals surface area contributed by atoms with Gasteiger partial charge < -0.3 is 14.4 Å². The first kappa shape index (κ1) is 20.4. The normalized spacial score (nSPS) is 16.0. The molecule has 1 atom stereocenters. The monoisotopic (exact) mass is 422 g/mol. The van der Waals surface area contributed by atoms with Crippen LogP contribution in [0.25, 0.3) is 10.6 Å². The maximum Gasteiger partial charge on any atom is 0.266 e. The van der Waals surface area contributed by atoms with Crippen LogP contribution in [0.2, 0.25) is 0 Å². The number of thiazole rings is 1. The average Bonchev–Trinajstić information content (AvgIpc) is 3.40. The molecule has 1 saturated heterocycles. The summed E-state index contributed by atoms with van der Waals surface area (Å²) in [5.74, 6) is 1.39. The highest BCUT2D eigenvalue weighted by Crippen LogP contribution is 2.38. The van der Waals surface area contributed by atoms with E-state index in [4.69, 9.17) is 9.47 Å². The van der Waals surface area contributed by atoms with Gasteiger partial charge in [0.15, 0.2) is 11.5 Å². The third-order valence-corrected chi connectivity index (χ3v) is 6.79. The Labute approximate surface area is 181 Å². The second-order valence-corrected chi connectivity index (χ2v) is 8.57. The molecule has 0 saturated carbocycles. The molecule has 0 spiro atoms. The molecule has 1 aliphatic heterocycles. The zero-order valence-corrected chi connectivity index (χ0v) is 18.6. The number of hydrogen-bond donors (Lipinski definition) is 0. The van der Waals surface area contributed by atoms with Crippen molar-refractivity contribution < 1.29 is 14.3 Å². The van der Waals surface area contributed by atoms with E-state index in [0.717, 1.165) is 35.7 Å². The molecule has 0 N–H and O–H groups in total. The zero-order valence-electron chi connectivity index (χ0n) is 17.8. The Hall–Kier alpha value is -2.86. The van der Waals surface area contributed by atoms with E-state index >= 15 is 0 Å². The number of likely N-dealkylation sites (tertiary alicyclic amines) is 1. The Morgan fingerprint density at radius 2 is 1.80 bits per heavy atom. The lowest BCUT2D eigenvalue weighted by atomic mass is 10.0. The highest BCUT2D eigenvalue weighted by atomic mass is 32.1. The van der Waals surface area contributed by atoms with Gasteiger partial charge in [0.1, 0.15) is 9.88 Å². The lowest BCUT2D eigenvalue weighted by Gasteiger charge is -2.25. The number of aromatic nitrogens is 1. The fourth-order valence-corrected chi connectivity index (χ4v) is 4.98. The summed E-state index contributed by atoms with van der Waals surface area (Å²) >= 11 is 1.44. The summed E-state index contributed by atoms with van der Waals surface area (Å²) in [5.41, 5.74) is 4.11. The Balaban J connectivity index is 1.62. The number of carbonyl (C=O) groups excluding carboxylic acids is 1. The Kier molecular flexibility index (Phi) is 5.77. The lowest BCUT2D eigenvalue weighted by molar-refractivity contribution is 0.0739. The third-order valence-electron chi connectivity index (χ3n) is 5.60. The SMILES string of the molecule is COc1ccc(-c2nc(C)c(C(=O)N3CCCC3c3ccc(C)cc3)s2)cc1OC. The highest BCUT2D eigenvalue weighted by molar-refractivity contribution is 7.17. The smallest absolute Gasteiger partial charge is 0.266 e. The average molecular weight is 423 g/mol. The number of amides is 1. The summed E-state index contributed by atoms with van der Waals surface area (Å²) in [6.45, 7) is 4.77. The van der Waals surface area contributed by atoms with E-state index in [1.165, 1.54) is 22.5 Å². The van der Waals surface area contributed by atoms with Crippen LogP contribution in [-0.2, 0) is 0 Å². The minimum atomic E-state index is 0.0693. The van der Waals surface area contributed by atoms with Crippen LogP contribution in [0.3, 0.4) is 0 Å². The van der Waals surface area contributed by atoms with Crippen molar-refractivity contribution >= 4 is 17.2 Å². The zero-order chi connectivity index (χ0) is 21.3. The van der Waals surface area contributed by atoms with Gasteiger partial charge in [0.2, 0.25) is 0 Å². The summed E-state index contributed by atoms with van der Waals surface area (Å²) in [4.78, 5) is 20.8. The molecule has 0 bridgehead atoms. The largest absolute Gasteiger partial charge is 0.493 e. The van der Waals surface area contributed by atoms with Crippen LogP contribution in [0.15, 0.2) is 42.5 Å². The third kappa shape index (κ3) is 3.79. The van der Waals surface area contributed by atoms with Crippen molar-refractivity contribution in [2.24, 2.45) is 0 Å². The first-order valence-electron chi connectivity index (χ1n) is 10.1. The molecule has 1 fully saturated rings. The van der Waals surface area contributed by atoms with Crippen LogP contribution >= 0.6 is 11.3 Å². The molecule has 1 aromatic heterocycles. The summed E-state index contributed by atoms with van der Waals surface area (Å²) in [6, 6.07) is 14.3. The molecular weight excluding hydrogens is 396 g/mol. The molecule has 1 amide bonds. The molecule has 156 valence electrons. The molecule has 5 nitrogen and oxygen atoms in total. The molecule has 3 aromatic rings. The standard InChI is InChI=1S/C24H26N2O3S/c1-15-7-9-17(10-8-15)19-6-5-13-26(19)24(27)22-16(2)25-23(30-22)18-11-12-20(28-3)21(14-18)29-4/h7-12,14,19H,5-6,13H2,1-4H3. The summed E-state index contributed by atoms with van der Waals surface area (Å²) < 4.78 is 10.7. The molecule has 1 aliphatic rings. The van der Waals surface area contributed by atoms with Gasteiger partial charge in [-0.05, 0) is 50.5 Å². The number of methoxy groups -OCH3 is 2. The fourth-order valence-electron chi connectivity index (χ4n) is 3.96. The molecule has 2 heterocycles. The van der Waals surface area contributed by atoms with Crippen LogP contribution in [-0.4, -0.2) is 36.6 Å². The van der Waals surface area contributed by atoms with Crippen LogP contribution < -0.4 is 9.47 Å². The topological polar surface area (TPSA) is 51.7 Å². The second kappa shape index (κ2) is 8.48. The maximum atomic E-state index is 13.4. The predicted octanol–water partition coefficient (Wildman–Crippen LogP) is 5.42. The minimum Gasteiger partial charge on any atom is -0.493 e. The van der Waals surface area contributed by atoms with Crippen molar-refractivity contribution in [3.8, 4) is 22.1 Å². The summed E-state index contributed by atoms with van der Waals surface area (Å²) in [5, 5.41) is 0.808. The minimum absolute atomic E-state index is 0.0693. The Morgan fingerprint density at radius 3 is 2.50 bits per heavy atom. The Morgan fingerprint density at radius 1 is 1.07 bits per heavy atom. The van der Waals surface area contributed by atoms with Crippen molar-refractivity contribution in [3.05, 3.63) is 64.2 Å². The number of ether oxygens (including phenoxy) is 2. The van der Waals surface area contributed by atoms with Crippen LogP contribution in [0.5, 0.6) is 11.5 Å². The fraction of sp³-hybridized carbons (Fsp3) is 0.333. The van der Waals surface area contributed by atoms with Crippen molar-refractivity contribution in [1.82, 2.24) is 9.88 Å². The van der Waals surface area contributed by atoms with Crippen molar-refractivity contribution in [3.63, 3.8) is 0 Å². The quantitative estimate of drug-likeness (QED) is 0.551. The number of nitrogens with zero attached hydrogens (tertiary/aromatic N) is 2. The summed E-state index contributed by atoms with van der Waals surface area (Å²) in [6.07, 6.45) is 2.01. The first-order valence-corrected chi connectivity index (χ1v) is 10.9. The van der Waals surface area contributed by atoms with E-state index in [1.54, 1.807) is 14.2 Å². The van der Waals surface area contributed by atoms with Crippen molar-refractivity contribution in [2.75, 3.05) is 20.8 Å². The van der Waals surface area contributed by atoms with Gasteiger partial charge in [0.05, 0.1) is 26.0 Å². The lowest BCUT2D eigenvalue weighted by Crippen LogP contribution is -2.30. The van der Waals surface area contributed by atoms with Crippen LogP contribution in [0, 0.1) is 13.8 Å². The maximum absolute atomic E-state index is 13.4. The predicted molar refractivity (Wildman–Crippen MR) is 120 cm³/mol. The van der Waals surface area contributed by atoms with Gasteiger partial charge in [-0.1, -0.05) is 29.8 Å². The Bertz CT molecular complexity index is 1060. The highest BCUT2D eigenvalue weighted by Gasteiger charge is 2.32. The number of carbonyl (C=O) groups is 1. The number of aryl methyl sites for hydroxylation is 2. The van der Waals surface area contributed by atoms with E-state index in [-0.39, 0.29) is 11.9 Å². The van der Waals surface area contributed by atoms with Crippen molar-refractivity contribution in [1.29, 1.82) is 0 Å². The van der Waals surface area contributed by atoms with Gasteiger partial charge in [0.25, 0.3) is 5.91 Å². The molecule has 2 aromatic carbocycles. The van der Waals surface area contributed by atoms with Gasteiger partial charge in [-0.25, -0.2) is 4.98 Å². The number of rotatable bonds is 5. The van der Waals surface area contributed by atoms with Gasteiger partial charge in [-0.3, -0.25) is 4.79 Å². The molecule has 30 heavy (non-hydrogen) atoms. The number of benzene rings is 2. The van der Waals surface area contributed by atoms with Gasteiger partial charge in [-0.2, -0.15) is 0 Å². The molecule has 4 rings (SSSR count). The second-order valence-electron chi connectivity index (χ2n) is 7.57. The molecule has 0 radical (unpaired) electrons. The van der Waals surface area contributed by atoms with E-state index in [2.05, 4.69) is 36.2 Å². The van der Waals surface area contributed by atoms with Gasteiger partial charge in [-0.15, -0.1) is 11.3 Å². The van der Waals surface area contributed by atoms with Crippen molar-refractivity contribution in [2.45, 2.75) is 32.7 Å². The molecule has 6 heteroatoms. The summed E-state index contributed by atoms with van der Waals surface area (Å²) in [7, 11) is 3.23.